The molecule has 0 radical (unpaired) electrons. The highest BCUT2D eigenvalue weighted by Gasteiger charge is 2.68. The van der Waals surface area contributed by atoms with E-state index in [1.54, 1.807) is 16.4 Å². The van der Waals surface area contributed by atoms with Crippen molar-refractivity contribution in [3.8, 4) is 0 Å². The number of alkyl halides is 3. The molecule has 0 bridgehead atoms. The van der Waals surface area contributed by atoms with E-state index < -0.39 is 46.2 Å². The third-order valence-corrected chi connectivity index (χ3v) is 4.80. The van der Waals surface area contributed by atoms with Gasteiger partial charge in [0.25, 0.3) is 22.9 Å². The first kappa shape index (κ1) is 20.2. The summed E-state index contributed by atoms with van der Waals surface area (Å²) in [6.45, 7) is -0.369. The highest BCUT2D eigenvalue weighted by molar-refractivity contribution is 6.09. The van der Waals surface area contributed by atoms with Crippen molar-refractivity contribution in [2.24, 2.45) is 0 Å². The van der Waals surface area contributed by atoms with Crippen LogP contribution in [0.5, 0.6) is 0 Å². The average Bonchev–Trinajstić information content (AvgIpc) is 3.32. The zero-order chi connectivity index (χ0) is 22.4. The van der Waals surface area contributed by atoms with Crippen molar-refractivity contribution >= 4 is 17.6 Å². The summed E-state index contributed by atoms with van der Waals surface area (Å²) in [6, 6.07) is 9.83. The van der Waals surface area contributed by atoms with Crippen LogP contribution in [0.3, 0.4) is 0 Å². The summed E-state index contributed by atoms with van der Waals surface area (Å²) in [5, 5.41) is 3.61. The summed E-state index contributed by atoms with van der Waals surface area (Å²) in [5.74, 6) is -3.45. The van der Waals surface area contributed by atoms with Crippen LogP contribution in [0.1, 0.15) is 21.7 Å². The van der Waals surface area contributed by atoms with Crippen LogP contribution in [0.4, 0.5) is 19.0 Å². The van der Waals surface area contributed by atoms with Gasteiger partial charge in [0.1, 0.15) is 17.1 Å². The number of nitrogens with one attached hydrogen (secondary N) is 3. The Morgan fingerprint density at radius 3 is 2.42 bits per heavy atom. The van der Waals surface area contributed by atoms with E-state index in [0.717, 1.165) is 4.57 Å². The number of hydrogen-bond acceptors (Lipinski definition) is 5. The van der Waals surface area contributed by atoms with Crippen molar-refractivity contribution in [1.29, 1.82) is 0 Å². The van der Waals surface area contributed by atoms with Gasteiger partial charge in [0, 0.05) is 5.56 Å². The Morgan fingerprint density at radius 1 is 1.10 bits per heavy atom. The normalized spacial score (nSPS) is 17.8. The van der Waals surface area contributed by atoms with Gasteiger partial charge >= 0.3 is 11.9 Å². The zero-order valence-electron chi connectivity index (χ0n) is 15.4. The summed E-state index contributed by atoms with van der Waals surface area (Å²) in [5.41, 5.74) is -7.53. The van der Waals surface area contributed by atoms with Gasteiger partial charge in [-0.25, -0.2) is 4.79 Å². The quantitative estimate of drug-likeness (QED) is 0.571. The molecule has 3 aromatic rings. The Bertz CT molecular complexity index is 1280. The van der Waals surface area contributed by atoms with Gasteiger partial charge in [0.15, 0.2) is 0 Å². The second kappa shape index (κ2) is 7.00. The minimum atomic E-state index is -5.41. The maximum Gasteiger partial charge on any atom is 0.425 e. The Hall–Kier alpha value is -4.09. The maximum absolute atomic E-state index is 14.3. The Labute approximate surface area is 170 Å². The molecule has 160 valence electrons. The summed E-state index contributed by atoms with van der Waals surface area (Å²) in [4.78, 5) is 51.7. The van der Waals surface area contributed by atoms with Crippen molar-refractivity contribution in [3.05, 3.63) is 86.5 Å². The lowest BCUT2D eigenvalue weighted by Crippen LogP contribution is -2.62. The third-order valence-electron chi connectivity index (χ3n) is 4.80. The summed E-state index contributed by atoms with van der Waals surface area (Å²) >= 11 is 0. The van der Waals surface area contributed by atoms with Crippen LogP contribution in [-0.4, -0.2) is 27.5 Å². The molecule has 2 aromatic heterocycles. The first-order valence-corrected chi connectivity index (χ1v) is 8.81. The van der Waals surface area contributed by atoms with E-state index in [9.17, 15) is 32.3 Å². The topological polar surface area (TPSA) is 126 Å². The number of anilines is 1. The van der Waals surface area contributed by atoms with E-state index in [2.05, 4.69) is 0 Å². The van der Waals surface area contributed by atoms with Crippen molar-refractivity contribution in [1.82, 2.24) is 14.9 Å². The first-order valence-electron chi connectivity index (χ1n) is 8.81. The van der Waals surface area contributed by atoms with Gasteiger partial charge in [-0.2, -0.15) is 13.2 Å². The van der Waals surface area contributed by atoms with E-state index in [1.165, 1.54) is 42.7 Å². The molecule has 1 aromatic carbocycles. The number of H-pyrrole nitrogens is 1. The fraction of sp³-hybridized carbons (Fsp3) is 0.158. The number of amides is 2. The highest BCUT2D eigenvalue weighted by Crippen LogP contribution is 2.45. The van der Waals surface area contributed by atoms with Crippen LogP contribution in [0.25, 0.3) is 0 Å². The van der Waals surface area contributed by atoms with Gasteiger partial charge in [-0.1, -0.05) is 18.2 Å². The molecule has 0 unspecified atom stereocenters. The fourth-order valence-electron chi connectivity index (χ4n) is 3.37. The van der Waals surface area contributed by atoms with Gasteiger partial charge in [-0.05, 0) is 24.3 Å². The third kappa shape index (κ3) is 3.12. The molecule has 1 aliphatic rings. The van der Waals surface area contributed by atoms with Crippen LogP contribution in [0.15, 0.2) is 62.7 Å². The van der Waals surface area contributed by atoms with Crippen LogP contribution < -0.4 is 21.9 Å². The van der Waals surface area contributed by atoms with Crippen molar-refractivity contribution in [3.63, 3.8) is 0 Å². The molecule has 0 aliphatic carbocycles. The first-order chi connectivity index (χ1) is 14.6. The second-order valence-electron chi connectivity index (χ2n) is 6.67. The van der Waals surface area contributed by atoms with Gasteiger partial charge < -0.3 is 15.1 Å². The van der Waals surface area contributed by atoms with E-state index in [4.69, 9.17) is 4.42 Å². The molecule has 31 heavy (non-hydrogen) atoms. The van der Waals surface area contributed by atoms with Gasteiger partial charge in [-0.3, -0.25) is 23.9 Å². The zero-order valence-corrected chi connectivity index (χ0v) is 15.4. The van der Waals surface area contributed by atoms with Gasteiger partial charge in [0.05, 0.1) is 12.8 Å². The number of rotatable bonds is 4. The number of aromatic amines is 1. The van der Waals surface area contributed by atoms with Crippen LogP contribution in [0.2, 0.25) is 0 Å². The molecule has 0 spiro atoms. The summed E-state index contributed by atoms with van der Waals surface area (Å²) < 4.78 is 48.6. The molecular weight excluding hydrogens is 421 g/mol. The van der Waals surface area contributed by atoms with E-state index in [1.807, 2.05) is 5.32 Å². The minimum absolute atomic E-state index is 0.160. The molecule has 0 saturated heterocycles. The van der Waals surface area contributed by atoms with Crippen molar-refractivity contribution in [2.75, 3.05) is 5.32 Å². The number of carbonyl (C=O) groups is 2. The fourth-order valence-corrected chi connectivity index (χ4v) is 3.37. The molecule has 2 amide bonds. The van der Waals surface area contributed by atoms with Gasteiger partial charge in [-0.15, -0.1) is 0 Å². The Balaban J connectivity index is 1.92. The molecule has 1 atom stereocenters. The van der Waals surface area contributed by atoms with Crippen LogP contribution >= 0.6 is 0 Å². The molecule has 1 aliphatic heterocycles. The lowest BCUT2D eigenvalue weighted by molar-refractivity contribution is -0.196. The van der Waals surface area contributed by atoms with E-state index in [-0.39, 0.29) is 17.9 Å². The summed E-state index contributed by atoms with van der Waals surface area (Å²) in [6.07, 6.45) is -4.13. The van der Waals surface area contributed by atoms with Crippen molar-refractivity contribution < 1.29 is 27.2 Å². The molecule has 9 nitrogen and oxygen atoms in total. The molecule has 0 saturated carbocycles. The number of nitrogens with zero attached hydrogens (tertiary/aromatic N) is 1. The monoisotopic (exact) mass is 434 g/mol. The maximum atomic E-state index is 14.3. The highest BCUT2D eigenvalue weighted by atomic mass is 19.4. The lowest BCUT2D eigenvalue weighted by atomic mass is 9.91. The lowest BCUT2D eigenvalue weighted by Gasteiger charge is -2.30. The number of carbonyl (C=O) groups excluding carboxylic acids is 2. The molecule has 4 rings (SSSR count). The number of benzene rings is 1. The molecule has 0 fully saturated rings. The smallest absolute Gasteiger partial charge is 0.425 e. The average molecular weight is 434 g/mol. The number of furan rings is 1. The number of fused-ring (bicyclic) bond motifs is 1. The molecule has 3 N–H and O–H groups in total. The van der Waals surface area contributed by atoms with Crippen molar-refractivity contribution in [2.45, 2.75) is 18.3 Å². The largest absolute Gasteiger partial charge is 0.467 e. The van der Waals surface area contributed by atoms with E-state index in [0.29, 0.717) is 0 Å². The molecular formula is C19H13F3N4O5. The predicted octanol–water partition coefficient (Wildman–Crippen LogP) is 1.32. The number of aromatic nitrogens is 2. The number of halogens is 3. The predicted molar refractivity (Wildman–Crippen MR) is 99.4 cm³/mol. The number of hydrogen-bond donors (Lipinski definition) is 3. The van der Waals surface area contributed by atoms with E-state index >= 15 is 0 Å². The SMILES string of the molecule is O=C(N[C@@]1(C(F)(F)F)C(=O)Nc2c1c(=O)[nH]c(=O)n2Cc1ccco1)c1ccccc1. The second-order valence-corrected chi connectivity index (χ2v) is 6.67. The minimum Gasteiger partial charge on any atom is -0.467 e. The van der Waals surface area contributed by atoms with Crippen LogP contribution in [0, 0.1) is 0 Å². The van der Waals surface area contributed by atoms with Crippen LogP contribution in [-0.2, 0) is 16.9 Å². The standard InChI is InChI=1S/C19H13F3N4O5/c20-19(21,22)18(25-14(27)10-5-2-1-3-6-10)12-13(23-16(18)29)26(17(30)24-15(12)28)9-11-7-4-8-31-11/h1-8H,9H2,(H,23,29)(H,25,27)(H,24,28,30)/t18-/m1/s1. The Kier molecular flexibility index (Phi) is 4.56. The molecule has 3 heterocycles. The Morgan fingerprint density at radius 2 is 1.81 bits per heavy atom. The van der Waals surface area contributed by atoms with Gasteiger partial charge in [0.2, 0.25) is 0 Å². The molecule has 12 heteroatoms. The summed E-state index contributed by atoms with van der Waals surface area (Å²) in [7, 11) is 0.